The largest absolute Gasteiger partial charge is 0.392 e. The van der Waals surface area contributed by atoms with E-state index in [4.69, 9.17) is 0 Å². The molecule has 1 aromatic rings. The van der Waals surface area contributed by atoms with Crippen molar-refractivity contribution in [1.29, 1.82) is 0 Å². The second kappa shape index (κ2) is 6.70. The normalized spacial score (nSPS) is 13.2. The van der Waals surface area contributed by atoms with E-state index in [2.05, 4.69) is 15.6 Å². The molecule has 0 saturated heterocycles. The number of anilines is 1. The molecule has 0 fully saturated rings. The quantitative estimate of drug-likeness (QED) is 0.775. The topological polar surface area (TPSA) is 74.2 Å². The van der Waals surface area contributed by atoms with Crippen molar-refractivity contribution < 1.29 is 9.90 Å². The van der Waals surface area contributed by atoms with Crippen molar-refractivity contribution in [3.05, 3.63) is 24.0 Å². The lowest BCUT2D eigenvalue weighted by molar-refractivity contribution is 0.0154. The van der Waals surface area contributed by atoms with Crippen molar-refractivity contribution in [3.8, 4) is 0 Å². The summed E-state index contributed by atoms with van der Waals surface area (Å²) >= 11 is 0. The zero-order valence-corrected chi connectivity index (χ0v) is 12.9. The van der Waals surface area contributed by atoms with Crippen LogP contribution in [0.15, 0.2) is 18.5 Å². The number of amides is 2. The number of urea groups is 1. The highest BCUT2D eigenvalue weighted by molar-refractivity contribution is 5.89. The van der Waals surface area contributed by atoms with E-state index in [9.17, 15) is 9.90 Å². The van der Waals surface area contributed by atoms with E-state index in [1.54, 1.807) is 18.5 Å². The lowest BCUT2D eigenvalue weighted by Gasteiger charge is -2.33. The maximum atomic E-state index is 11.9. The van der Waals surface area contributed by atoms with Crippen LogP contribution in [-0.4, -0.2) is 28.8 Å². The van der Waals surface area contributed by atoms with E-state index in [1.807, 2.05) is 34.6 Å². The van der Waals surface area contributed by atoms with Crippen LogP contribution in [-0.2, 0) is 0 Å². The Morgan fingerprint density at radius 1 is 1.45 bits per heavy atom. The summed E-state index contributed by atoms with van der Waals surface area (Å²) in [5.41, 5.74) is 1.27. The molecule has 1 unspecified atom stereocenters. The number of aliphatic hydroxyl groups is 1. The molecule has 5 nitrogen and oxygen atoms in total. The van der Waals surface area contributed by atoms with Gasteiger partial charge in [-0.25, -0.2) is 4.79 Å². The van der Waals surface area contributed by atoms with Gasteiger partial charge in [0, 0.05) is 30.0 Å². The van der Waals surface area contributed by atoms with Gasteiger partial charge in [0.05, 0.1) is 6.10 Å². The fourth-order valence-corrected chi connectivity index (χ4v) is 2.10. The predicted octanol–water partition coefficient (Wildman–Crippen LogP) is 2.55. The van der Waals surface area contributed by atoms with Gasteiger partial charge in [0.1, 0.15) is 0 Å². The van der Waals surface area contributed by atoms with Crippen molar-refractivity contribution in [3.63, 3.8) is 0 Å². The number of aromatic nitrogens is 1. The molecule has 0 aliphatic rings. The van der Waals surface area contributed by atoms with Gasteiger partial charge in [-0.15, -0.1) is 0 Å². The predicted molar refractivity (Wildman–Crippen MR) is 80.6 cm³/mol. The van der Waals surface area contributed by atoms with Gasteiger partial charge in [-0.05, 0) is 24.5 Å². The molecular formula is C15H25N3O2. The first-order valence-corrected chi connectivity index (χ1v) is 6.87. The summed E-state index contributed by atoms with van der Waals surface area (Å²) in [5, 5.41) is 15.7. The number of carbonyl (C=O) groups excluding carboxylic acids is 1. The molecule has 0 radical (unpaired) electrons. The Morgan fingerprint density at radius 2 is 2.10 bits per heavy atom. The average molecular weight is 279 g/mol. The third kappa shape index (κ3) is 4.49. The summed E-state index contributed by atoms with van der Waals surface area (Å²) in [4.78, 5) is 15.9. The Hall–Kier alpha value is -1.62. The standard InChI is InChI=1S/C15H25N3O2/c1-10(2)13(19)15(4,5)9-17-14(20)18-12-6-7-16-8-11(12)3/h6-8,10,13,19H,9H2,1-5H3,(H2,16,17,18,20). The summed E-state index contributed by atoms with van der Waals surface area (Å²) in [6.07, 6.45) is 2.86. The second-order valence-corrected chi connectivity index (χ2v) is 6.18. The average Bonchev–Trinajstić information content (AvgIpc) is 2.38. The molecule has 0 spiro atoms. The first kappa shape index (κ1) is 16.4. The molecule has 1 atom stereocenters. The summed E-state index contributed by atoms with van der Waals surface area (Å²) in [5.74, 6) is 0.150. The molecular weight excluding hydrogens is 254 g/mol. The second-order valence-electron chi connectivity index (χ2n) is 6.18. The number of nitrogens with zero attached hydrogens (tertiary/aromatic N) is 1. The molecule has 20 heavy (non-hydrogen) atoms. The van der Waals surface area contributed by atoms with Gasteiger partial charge in [0.25, 0.3) is 0 Å². The molecule has 3 N–H and O–H groups in total. The van der Waals surface area contributed by atoms with Crippen LogP contribution in [0.4, 0.5) is 10.5 Å². The van der Waals surface area contributed by atoms with Gasteiger partial charge in [-0.2, -0.15) is 0 Å². The smallest absolute Gasteiger partial charge is 0.319 e. The number of aliphatic hydroxyl groups excluding tert-OH is 1. The number of rotatable bonds is 5. The third-order valence-electron chi connectivity index (χ3n) is 3.41. The van der Waals surface area contributed by atoms with Crippen LogP contribution in [0.5, 0.6) is 0 Å². The molecule has 2 amide bonds. The summed E-state index contributed by atoms with van der Waals surface area (Å²) < 4.78 is 0. The highest BCUT2D eigenvalue weighted by Crippen LogP contribution is 2.25. The lowest BCUT2D eigenvalue weighted by atomic mass is 9.81. The molecule has 0 aliphatic carbocycles. The number of carbonyl (C=O) groups is 1. The molecule has 0 aliphatic heterocycles. The van der Waals surface area contributed by atoms with Gasteiger partial charge in [0.2, 0.25) is 0 Å². The van der Waals surface area contributed by atoms with Crippen LogP contribution in [0.2, 0.25) is 0 Å². The van der Waals surface area contributed by atoms with E-state index in [-0.39, 0.29) is 17.4 Å². The minimum absolute atomic E-state index is 0.150. The van der Waals surface area contributed by atoms with E-state index in [1.165, 1.54) is 0 Å². The molecule has 0 bridgehead atoms. The van der Waals surface area contributed by atoms with E-state index >= 15 is 0 Å². The number of hydrogen-bond donors (Lipinski definition) is 3. The highest BCUT2D eigenvalue weighted by Gasteiger charge is 2.30. The maximum Gasteiger partial charge on any atom is 0.319 e. The highest BCUT2D eigenvalue weighted by atomic mass is 16.3. The molecule has 0 aromatic carbocycles. The summed E-state index contributed by atoms with van der Waals surface area (Å²) in [6, 6.07) is 1.48. The lowest BCUT2D eigenvalue weighted by Crippen LogP contribution is -2.44. The van der Waals surface area contributed by atoms with Crippen LogP contribution >= 0.6 is 0 Å². The molecule has 1 heterocycles. The van der Waals surface area contributed by atoms with Gasteiger partial charge in [-0.1, -0.05) is 27.7 Å². The zero-order chi connectivity index (χ0) is 15.3. The summed E-state index contributed by atoms with van der Waals surface area (Å²) in [6.45, 7) is 10.1. The van der Waals surface area contributed by atoms with Crippen LogP contribution in [0.25, 0.3) is 0 Å². The van der Waals surface area contributed by atoms with Crippen LogP contribution in [0.1, 0.15) is 33.3 Å². The van der Waals surface area contributed by atoms with E-state index in [0.717, 1.165) is 11.3 Å². The van der Waals surface area contributed by atoms with Crippen molar-refractivity contribution in [2.75, 3.05) is 11.9 Å². The van der Waals surface area contributed by atoms with Crippen molar-refractivity contribution >= 4 is 11.7 Å². The number of aryl methyl sites for hydroxylation is 1. The van der Waals surface area contributed by atoms with Crippen molar-refractivity contribution in [2.24, 2.45) is 11.3 Å². The monoisotopic (exact) mass is 279 g/mol. The Kier molecular flexibility index (Phi) is 5.51. The SMILES string of the molecule is Cc1cnccc1NC(=O)NCC(C)(C)C(O)C(C)C. The number of hydrogen-bond acceptors (Lipinski definition) is 3. The minimum atomic E-state index is -0.467. The fraction of sp³-hybridized carbons (Fsp3) is 0.600. The van der Waals surface area contributed by atoms with Crippen LogP contribution in [0.3, 0.4) is 0 Å². The minimum Gasteiger partial charge on any atom is -0.392 e. The number of nitrogens with one attached hydrogen (secondary N) is 2. The third-order valence-corrected chi connectivity index (χ3v) is 3.41. The van der Waals surface area contributed by atoms with Gasteiger partial charge in [0.15, 0.2) is 0 Å². The Morgan fingerprint density at radius 3 is 2.65 bits per heavy atom. The van der Waals surface area contributed by atoms with E-state index in [0.29, 0.717) is 6.54 Å². The van der Waals surface area contributed by atoms with Crippen LogP contribution in [0, 0.1) is 18.3 Å². The van der Waals surface area contributed by atoms with Crippen molar-refractivity contribution in [2.45, 2.75) is 40.7 Å². The van der Waals surface area contributed by atoms with Crippen LogP contribution < -0.4 is 10.6 Å². The molecule has 0 saturated carbocycles. The summed E-state index contributed by atoms with van der Waals surface area (Å²) in [7, 11) is 0. The van der Waals surface area contributed by atoms with E-state index < -0.39 is 6.10 Å². The van der Waals surface area contributed by atoms with Gasteiger partial charge >= 0.3 is 6.03 Å². The van der Waals surface area contributed by atoms with Gasteiger partial charge < -0.3 is 15.7 Å². The number of pyridine rings is 1. The molecule has 1 rings (SSSR count). The Bertz CT molecular complexity index is 458. The first-order valence-electron chi connectivity index (χ1n) is 6.87. The molecule has 112 valence electrons. The first-order chi connectivity index (χ1) is 9.24. The maximum absolute atomic E-state index is 11.9. The molecule has 5 heteroatoms. The zero-order valence-electron chi connectivity index (χ0n) is 12.9. The van der Waals surface area contributed by atoms with Gasteiger partial charge in [-0.3, -0.25) is 4.98 Å². The fourth-order valence-electron chi connectivity index (χ4n) is 2.10. The molecule has 1 aromatic heterocycles. The Balaban J connectivity index is 2.54. The van der Waals surface area contributed by atoms with Crippen molar-refractivity contribution in [1.82, 2.24) is 10.3 Å². The Labute approximate surface area is 120 Å².